The number of ether oxygens (including phenoxy) is 1. The maximum Gasteiger partial charge on any atom is 0.158 e. The Morgan fingerprint density at radius 2 is 2.08 bits per heavy atom. The molecule has 0 radical (unpaired) electrons. The number of piperidine rings is 1. The zero-order valence-corrected chi connectivity index (χ0v) is 15.4. The number of methoxy groups -OCH3 is 1. The zero-order valence-electron chi connectivity index (χ0n) is 15.4. The Hall–Kier alpha value is -2.60. The molecular weight excluding hydrogens is 326 g/mol. The van der Waals surface area contributed by atoms with Gasteiger partial charge >= 0.3 is 0 Å². The SMILES string of the molecule is COc1cccc(Nc2ncnn3ccc(CN4CCC(C)CC4)c23)c1. The van der Waals surface area contributed by atoms with Crippen LogP contribution in [0.3, 0.4) is 0 Å². The van der Waals surface area contributed by atoms with Crippen LogP contribution in [0.4, 0.5) is 11.5 Å². The Bertz CT molecular complexity index is 883. The number of nitrogens with one attached hydrogen (secondary N) is 1. The van der Waals surface area contributed by atoms with Gasteiger partial charge in [0, 0.05) is 24.5 Å². The lowest BCUT2D eigenvalue weighted by molar-refractivity contribution is 0.186. The molecule has 0 saturated carbocycles. The number of hydrogen-bond donors (Lipinski definition) is 1. The summed E-state index contributed by atoms with van der Waals surface area (Å²) < 4.78 is 7.21. The summed E-state index contributed by atoms with van der Waals surface area (Å²) in [4.78, 5) is 7.02. The average Bonchev–Trinajstić information content (AvgIpc) is 3.08. The number of hydrogen-bond acceptors (Lipinski definition) is 5. The molecule has 6 nitrogen and oxygen atoms in total. The molecule has 26 heavy (non-hydrogen) atoms. The predicted molar refractivity (Wildman–Crippen MR) is 103 cm³/mol. The summed E-state index contributed by atoms with van der Waals surface area (Å²) in [6, 6.07) is 10.0. The summed E-state index contributed by atoms with van der Waals surface area (Å²) >= 11 is 0. The summed E-state index contributed by atoms with van der Waals surface area (Å²) in [6.45, 7) is 5.59. The third-order valence-electron chi connectivity index (χ3n) is 5.14. The van der Waals surface area contributed by atoms with E-state index in [1.165, 1.54) is 18.4 Å². The monoisotopic (exact) mass is 351 g/mol. The van der Waals surface area contributed by atoms with Gasteiger partial charge in [-0.2, -0.15) is 5.10 Å². The van der Waals surface area contributed by atoms with E-state index < -0.39 is 0 Å². The summed E-state index contributed by atoms with van der Waals surface area (Å²) in [7, 11) is 1.67. The van der Waals surface area contributed by atoms with Crippen LogP contribution in [0, 0.1) is 5.92 Å². The summed E-state index contributed by atoms with van der Waals surface area (Å²) in [6.07, 6.45) is 6.14. The fourth-order valence-electron chi connectivity index (χ4n) is 3.54. The van der Waals surface area contributed by atoms with E-state index >= 15 is 0 Å². The van der Waals surface area contributed by atoms with E-state index in [-0.39, 0.29) is 0 Å². The highest BCUT2D eigenvalue weighted by Crippen LogP contribution is 2.27. The Morgan fingerprint density at radius 3 is 2.88 bits per heavy atom. The molecule has 1 saturated heterocycles. The lowest BCUT2D eigenvalue weighted by Crippen LogP contribution is -2.32. The van der Waals surface area contributed by atoms with Gasteiger partial charge in [0.1, 0.15) is 17.6 Å². The zero-order chi connectivity index (χ0) is 17.9. The summed E-state index contributed by atoms with van der Waals surface area (Å²) in [5.74, 6) is 2.47. The van der Waals surface area contributed by atoms with Crippen molar-refractivity contribution in [3.05, 3.63) is 48.4 Å². The Morgan fingerprint density at radius 1 is 1.23 bits per heavy atom. The van der Waals surface area contributed by atoms with Crippen LogP contribution in [-0.2, 0) is 6.54 Å². The number of anilines is 2. The van der Waals surface area contributed by atoms with Crippen LogP contribution in [0.2, 0.25) is 0 Å². The molecule has 1 fully saturated rings. The van der Waals surface area contributed by atoms with E-state index in [0.29, 0.717) is 0 Å². The molecule has 0 bridgehead atoms. The largest absolute Gasteiger partial charge is 0.497 e. The molecule has 1 aromatic carbocycles. The van der Waals surface area contributed by atoms with Gasteiger partial charge in [-0.25, -0.2) is 9.50 Å². The van der Waals surface area contributed by atoms with Crippen LogP contribution in [0.1, 0.15) is 25.3 Å². The van der Waals surface area contributed by atoms with E-state index in [0.717, 1.165) is 48.3 Å². The van der Waals surface area contributed by atoms with E-state index in [4.69, 9.17) is 4.74 Å². The molecule has 1 aliphatic rings. The minimum Gasteiger partial charge on any atom is -0.497 e. The van der Waals surface area contributed by atoms with Crippen LogP contribution in [-0.4, -0.2) is 39.7 Å². The molecule has 2 aromatic heterocycles. The van der Waals surface area contributed by atoms with Gasteiger partial charge in [-0.15, -0.1) is 0 Å². The standard InChI is InChI=1S/C20H25N5O/c1-15-6-9-24(10-7-15)13-16-8-11-25-19(16)20(21-14-22-25)23-17-4-3-5-18(12-17)26-2/h3-5,8,11-12,14-15H,6-7,9-10,13H2,1-2H3,(H,21,22,23). The lowest BCUT2D eigenvalue weighted by atomic mass is 9.99. The van der Waals surface area contributed by atoms with Gasteiger partial charge in [0.2, 0.25) is 0 Å². The van der Waals surface area contributed by atoms with Crippen molar-refractivity contribution in [2.75, 3.05) is 25.5 Å². The number of likely N-dealkylation sites (tertiary alicyclic amines) is 1. The lowest BCUT2D eigenvalue weighted by Gasteiger charge is -2.30. The third-order valence-corrected chi connectivity index (χ3v) is 5.14. The highest BCUT2D eigenvalue weighted by molar-refractivity contribution is 5.76. The molecular formula is C20H25N5O. The third kappa shape index (κ3) is 3.51. The summed E-state index contributed by atoms with van der Waals surface area (Å²) in [5.41, 5.74) is 3.24. The fourth-order valence-corrected chi connectivity index (χ4v) is 3.54. The maximum absolute atomic E-state index is 5.31. The molecule has 136 valence electrons. The second kappa shape index (κ2) is 7.33. The first kappa shape index (κ1) is 16.8. The number of aromatic nitrogens is 3. The van der Waals surface area contributed by atoms with Crippen molar-refractivity contribution < 1.29 is 4.74 Å². The first-order valence-corrected chi connectivity index (χ1v) is 9.17. The predicted octanol–water partition coefficient (Wildman–Crippen LogP) is 3.71. The molecule has 6 heteroatoms. The van der Waals surface area contributed by atoms with Crippen LogP contribution in [0.25, 0.3) is 5.52 Å². The molecule has 3 aromatic rings. The molecule has 0 unspecified atom stereocenters. The number of rotatable bonds is 5. The normalized spacial score (nSPS) is 16.1. The first-order valence-electron chi connectivity index (χ1n) is 9.17. The number of nitrogens with zero attached hydrogens (tertiary/aromatic N) is 4. The van der Waals surface area contributed by atoms with Gasteiger partial charge in [-0.3, -0.25) is 4.90 Å². The smallest absolute Gasteiger partial charge is 0.158 e. The maximum atomic E-state index is 5.31. The van der Waals surface area contributed by atoms with Crippen LogP contribution >= 0.6 is 0 Å². The van der Waals surface area contributed by atoms with Gasteiger partial charge in [0.25, 0.3) is 0 Å². The highest BCUT2D eigenvalue weighted by atomic mass is 16.5. The van der Waals surface area contributed by atoms with E-state index in [1.807, 2.05) is 35.0 Å². The van der Waals surface area contributed by atoms with Crippen LogP contribution in [0.5, 0.6) is 5.75 Å². The van der Waals surface area contributed by atoms with Crippen molar-refractivity contribution in [2.24, 2.45) is 5.92 Å². The van der Waals surface area contributed by atoms with Crippen LogP contribution < -0.4 is 10.1 Å². The van der Waals surface area contributed by atoms with Crippen molar-refractivity contribution in [2.45, 2.75) is 26.3 Å². The molecule has 0 aliphatic carbocycles. The number of fused-ring (bicyclic) bond motifs is 1. The molecule has 1 aliphatic heterocycles. The van der Waals surface area contributed by atoms with Crippen molar-refractivity contribution >= 4 is 17.0 Å². The Kier molecular flexibility index (Phi) is 4.75. The second-order valence-electron chi connectivity index (χ2n) is 7.06. The average molecular weight is 351 g/mol. The minimum atomic E-state index is 0.818. The molecule has 4 rings (SSSR count). The van der Waals surface area contributed by atoms with Gasteiger partial charge < -0.3 is 10.1 Å². The molecule has 0 spiro atoms. The molecule has 3 heterocycles. The van der Waals surface area contributed by atoms with Gasteiger partial charge in [-0.1, -0.05) is 13.0 Å². The minimum absolute atomic E-state index is 0.818. The van der Waals surface area contributed by atoms with Gasteiger partial charge in [0.05, 0.1) is 7.11 Å². The summed E-state index contributed by atoms with van der Waals surface area (Å²) in [5, 5.41) is 7.79. The van der Waals surface area contributed by atoms with Crippen molar-refractivity contribution in [3.8, 4) is 5.75 Å². The Balaban J connectivity index is 1.61. The van der Waals surface area contributed by atoms with E-state index in [1.54, 1.807) is 13.4 Å². The quantitative estimate of drug-likeness (QED) is 0.759. The molecule has 0 amide bonds. The second-order valence-corrected chi connectivity index (χ2v) is 7.06. The highest BCUT2D eigenvalue weighted by Gasteiger charge is 2.18. The molecule has 1 N–H and O–H groups in total. The van der Waals surface area contributed by atoms with E-state index in [2.05, 4.69) is 33.3 Å². The fraction of sp³-hybridized carbons (Fsp3) is 0.400. The first-order chi connectivity index (χ1) is 12.7. The van der Waals surface area contributed by atoms with Crippen molar-refractivity contribution in [1.82, 2.24) is 19.5 Å². The topological polar surface area (TPSA) is 54.7 Å². The molecule has 0 atom stereocenters. The van der Waals surface area contributed by atoms with Crippen molar-refractivity contribution in [3.63, 3.8) is 0 Å². The van der Waals surface area contributed by atoms with Gasteiger partial charge in [0.15, 0.2) is 5.82 Å². The van der Waals surface area contributed by atoms with Gasteiger partial charge in [-0.05, 0) is 55.6 Å². The Labute approximate surface area is 153 Å². The van der Waals surface area contributed by atoms with E-state index in [9.17, 15) is 0 Å². The number of benzene rings is 1. The van der Waals surface area contributed by atoms with Crippen molar-refractivity contribution in [1.29, 1.82) is 0 Å². The van der Waals surface area contributed by atoms with Crippen LogP contribution in [0.15, 0.2) is 42.9 Å².